The summed E-state index contributed by atoms with van der Waals surface area (Å²) in [5, 5.41) is 9.11. The molecule has 0 aromatic heterocycles. The lowest BCUT2D eigenvalue weighted by Gasteiger charge is -2.21. The van der Waals surface area contributed by atoms with Crippen LogP contribution in [-0.2, 0) is 9.59 Å². The first kappa shape index (κ1) is 21.0. The van der Waals surface area contributed by atoms with Crippen molar-refractivity contribution in [2.45, 2.75) is 103 Å². The number of nitrogens with zero attached hydrogens (tertiary/aromatic N) is 1. The van der Waals surface area contributed by atoms with Crippen molar-refractivity contribution in [3.8, 4) is 0 Å². The van der Waals surface area contributed by atoms with Crippen molar-refractivity contribution in [2.24, 2.45) is 5.92 Å². The second kappa shape index (κ2) is 12.3. The predicted molar refractivity (Wildman–Crippen MR) is 98.0 cm³/mol. The van der Waals surface area contributed by atoms with Gasteiger partial charge in [-0.2, -0.15) is 0 Å². The Morgan fingerprint density at radius 3 is 2.04 bits per heavy atom. The Hall–Kier alpha value is -1.06. The summed E-state index contributed by atoms with van der Waals surface area (Å²) in [5.41, 5.74) is 0. The van der Waals surface area contributed by atoms with E-state index in [0.717, 1.165) is 25.2 Å². The second-order valence-electron chi connectivity index (χ2n) is 7.70. The molecular formula is C20H37NO3. The topological polar surface area (TPSA) is 57.6 Å². The van der Waals surface area contributed by atoms with Gasteiger partial charge in [-0.1, -0.05) is 71.6 Å². The van der Waals surface area contributed by atoms with E-state index in [0.29, 0.717) is 19.4 Å². The van der Waals surface area contributed by atoms with Crippen molar-refractivity contribution >= 4 is 11.9 Å². The van der Waals surface area contributed by atoms with E-state index in [1.807, 2.05) is 0 Å². The van der Waals surface area contributed by atoms with Crippen LogP contribution in [0.1, 0.15) is 97.3 Å². The number of unbranched alkanes of at least 4 members (excludes halogenated alkanes) is 8. The highest BCUT2D eigenvalue weighted by molar-refractivity contribution is 5.84. The molecule has 0 bridgehead atoms. The zero-order valence-electron chi connectivity index (χ0n) is 15.8. The maximum atomic E-state index is 12.1. The van der Waals surface area contributed by atoms with Crippen molar-refractivity contribution in [2.75, 3.05) is 6.54 Å². The van der Waals surface area contributed by atoms with Crippen LogP contribution in [0.2, 0.25) is 0 Å². The van der Waals surface area contributed by atoms with Crippen LogP contribution in [-0.4, -0.2) is 34.5 Å². The highest BCUT2D eigenvalue weighted by Crippen LogP contribution is 2.20. The standard InChI is InChI=1S/C20H37NO3/c1-17(2)13-10-8-6-4-3-5-7-9-11-15-19(22)21-16-12-14-18(21)20(23)24/h17-18H,3-16H2,1-2H3,(H,23,24). The van der Waals surface area contributed by atoms with Gasteiger partial charge in [0.15, 0.2) is 0 Å². The van der Waals surface area contributed by atoms with Crippen molar-refractivity contribution in [3.63, 3.8) is 0 Å². The highest BCUT2D eigenvalue weighted by atomic mass is 16.4. The molecule has 1 heterocycles. The minimum atomic E-state index is -0.853. The molecule has 0 spiro atoms. The Bertz CT molecular complexity index is 368. The number of aliphatic carboxylic acids is 1. The molecule has 1 saturated heterocycles. The van der Waals surface area contributed by atoms with E-state index in [4.69, 9.17) is 5.11 Å². The Balaban J connectivity index is 1.93. The molecule has 0 radical (unpaired) electrons. The molecule has 0 saturated carbocycles. The van der Waals surface area contributed by atoms with Gasteiger partial charge in [-0.05, 0) is 25.2 Å². The van der Waals surface area contributed by atoms with Gasteiger partial charge >= 0.3 is 5.97 Å². The first-order valence-electron chi connectivity index (χ1n) is 10.0. The number of hydrogen-bond donors (Lipinski definition) is 1. The predicted octanol–water partition coefficient (Wildman–Crippen LogP) is 5.01. The Kier molecular flexibility index (Phi) is 10.8. The van der Waals surface area contributed by atoms with Gasteiger partial charge in [-0.15, -0.1) is 0 Å². The lowest BCUT2D eigenvalue weighted by atomic mass is 10.0. The van der Waals surface area contributed by atoms with Crippen LogP contribution < -0.4 is 0 Å². The summed E-state index contributed by atoms with van der Waals surface area (Å²) in [6.07, 6.45) is 14.5. The normalized spacial score (nSPS) is 17.6. The number of carboxylic acids is 1. The third-order valence-corrected chi connectivity index (χ3v) is 5.03. The first-order valence-corrected chi connectivity index (χ1v) is 10.0. The SMILES string of the molecule is CC(C)CCCCCCCCCCCC(=O)N1CCCC1C(=O)O. The second-order valence-corrected chi connectivity index (χ2v) is 7.70. The lowest BCUT2D eigenvalue weighted by Crippen LogP contribution is -2.40. The Labute approximate surface area is 148 Å². The van der Waals surface area contributed by atoms with E-state index in [2.05, 4.69) is 13.8 Å². The van der Waals surface area contributed by atoms with Gasteiger partial charge < -0.3 is 10.0 Å². The van der Waals surface area contributed by atoms with Gasteiger partial charge in [0.2, 0.25) is 5.91 Å². The number of carbonyl (C=O) groups is 2. The van der Waals surface area contributed by atoms with Crippen LogP contribution >= 0.6 is 0 Å². The van der Waals surface area contributed by atoms with Crippen LogP contribution in [0.15, 0.2) is 0 Å². The quantitative estimate of drug-likeness (QED) is 0.480. The molecule has 1 amide bonds. The van der Waals surface area contributed by atoms with Crippen LogP contribution in [0.4, 0.5) is 0 Å². The molecule has 1 atom stereocenters. The number of hydrogen-bond acceptors (Lipinski definition) is 2. The molecule has 1 N–H and O–H groups in total. The third kappa shape index (κ3) is 8.70. The van der Waals surface area contributed by atoms with E-state index >= 15 is 0 Å². The average molecular weight is 340 g/mol. The molecule has 1 unspecified atom stereocenters. The van der Waals surface area contributed by atoms with Crippen molar-refractivity contribution < 1.29 is 14.7 Å². The minimum Gasteiger partial charge on any atom is -0.480 e. The fourth-order valence-electron chi connectivity index (χ4n) is 3.53. The molecule has 24 heavy (non-hydrogen) atoms. The average Bonchev–Trinajstić information content (AvgIpc) is 3.02. The summed E-state index contributed by atoms with van der Waals surface area (Å²) in [7, 11) is 0. The van der Waals surface area contributed by atoms with Crippen molar-refractivity contribution in [3.05, 3.63) is 0 Å². The molecule has 4 heteroatoms. The number of rotatable bonds is 13. The number of carbonyl (C=O) groups excluding carboxylic acids is 1. The molecule has 1 aliphatic heterocycles. The molecular weight excluding hydrogens is 302 g/mol. The molecule has 0 aliphatic carbocycles. The molecule has 140 valence electrons. The van der Waals surface area contributed by atoms with Gasteiger partial charge in [0, 0.05) is 13.0 Å². The fourth-order valence-corrected chi connectivity index (χ4v) is 3.53. The van der Waals surface area contributed by atoms with E-state index < -0.39 is 12.0 Å². The number of likely N-dealkylation sites (tertiary alicyclic amines) is 1. The van der Waals surface area contributed by atoms with E-state index in [9.17, 15) is 9.59 Å². The van der Waals surface area contributed by atoms with Gasteiger partial charge in [0.05, 0.1) is 0 Å². The Morgan fingerprint density at radius 2 is 1.50 bits per heavy atom. The summed E-state index contributed by atoms with van der Waals surface area (Å²) in [6, 6.07) is -0.576. The van der Waals surface area contributed by atoms with E-state index in [1.54, 1.807) is 4.90 Å². The number of carboxylic acid groups (broad SMARTS) is 1. The van der Waals surface area contributed by atoms with Crippen molar-refractivity contribution in [1.82, 2.24) is 4.90 Å². The smallest absolute Gasteiger partial charge is 0.326 e. The lowest BCUT2D eigenvalue weighted by molar-refractivity contribution is -0.148. The van der Waals surface area contributed by atoms with E-state index in [1.165, 1.54) is 51.4 Å². The molecule has 1 fully saturated rings. The monoisotopic (exact) mass is 339 g/mol. The molecule has 1 aliphatic rings. The maximum absolute atomic E-state index is 12.1. The third-order valence-electron chi connectivity index (χ3n) is 5.03. The van der Waals surface area contributed by atoms with Crippen LogP contribution in [0.25, 0.3) is 0 Å². The van der Waals surface area contributed by atoms with Gasteiger partial charge in [-0.25, -0.2) is 4.79 Å². The zero-order chi connectivity index (χ0) is 17.8. The summed E-state index contributed by atoms with van der Waals surface area (Å²) >= 11 is 0. The summed E-state index contributed by atoms with van der Waals surface area (Å²) in [5.74, 6) is 0.0124. The maximum Gasteiger partial charge on any atom is 0.326 e. The molecule has 0 aromatic carbocycles. The summed E-state index contributed by atoms with van der Waals surface area (Å²) in [4.78, 5) is 24.8. The van der Waals surface area contributed by atoms with Crippen molar-refractivity contribution in [1.29, 1.82) is 0 Å². The summed E-state index contributed by atoms with van der Waals surface area (Å²) in [6.45, 7) is 5.19. The fraction of sp³-hybridized carbons (Fsp3) is 0.900. The van der Waals surface area contributed by atoms with Crippen LogP contribution in [0.5, 0.6) is 0 Å². The van der Waals surface area contributed by atoms with Crippen LogP contribution in [0.3, 0.4) is 0 Å². The zero-order valence-corrected chi connectivity index (χ0v) is 15.8. The number of amides is 1. The van der Waals surface area contributed by atoms with Gasteiger partial charge in [-0.3, -0.25) is 4.79 Å². The van der Waals surface area contributed by atoms with Gasteiger partial charge in [0.1, 0.15) is 6.04 Å². The molecule has 4 nitrogen and oxygen atoms in total. The van der Waals surface area contributed by atoms with E-state index in [-0.39, 0.29) is 5.91 Å². The minimum absolute atomic E-state index is 0.0325. The Morgan fingerprint density at radius 1 is 0.958 bits per heavy atom. The van der Waals surface area contributed by atoms with Crippen LogP contribution in [0, 0.1) is 5.92 Å². The van der Waals surface area contributed by atoms with Gasteiger partial charge in [0.25, 0.3) is 0 Å². The highest BCUT2D eigenvalue weighted by Gasteiger charge is 2.33. The first-order chi connectivity index (χ1) is 11.5. The molecule has 0 aromatic rings. The largest absolute Gasteiger partial charge is 0.480 e. The summed E-state index contributed by atoms with van der Waals surface area (Å²) < 4.78 is 0. The molecule has 1 rings (SSSR count).